The van der Waals surface area contributed by atoms with Crippen molar-refractivity contribution in [2.45, 2.75) is 45.2 Å². The number of fused-ring (bicyclic) bond motifs is 1. The Morgan fingerprint density at radius 3 is 2.95 bits per heavy atom. The average Bonchev–Trinajstić information content (AvgIpc) is 2.47. The zero-order valence-electron chi connectivity index (χ0n) is 12.2. The van der Waals surface area contributed by atoms with Crippen molar-refractivity contribution < 1.29 is 0 Å². The molecule has 104 valence electrons. The Morgan fingerprint density at radius 2 is 2.11 bits per heavy atom. The first-order chi connectivity index (χ1) is 9.25. The Hall–Kier alpha value is -0.860. The quantitative estimate of drug-likeness (QED) is 0.877. The lowest BCUT2D eigenvalue weighted by molar-refractivity contribution is 0.115. The number of hydrogen-bond acceptors (Lipinski definition) is 2. The average molecular weight is 258 g/mol. The summed E-state index contributed by atoms with van der Waals surface area (Å²) in [4.78, 5) is 2.72. The van der Waals surface area contributed by atoms with Gasteiger partial charge in [0.25, 0.3) is 0 Å². The summed E-state index contributed by atoms with van der Waals surface area (Å²) in [6.07, 6.45) is 3.95. The topological polar surface area (TPSA) is 15.3 Å². The molecule has 2 nitrogen and oxygen atoms in total. The van der Waals surface area contributed by atoms with Crippen molar-refractivity contribution in [3.05, 3.63) is 35.4 Å². The van der Waals surface area contributed by atoms with Crippen LogP contribution in [0.1, 0.15) is 43.9 Å². The summed E-state index contributed by atoms with van der Waals surface area (Å²) in [6, 6.07) is 10.4. The van der Waals surface area contributed by atoms with Crippen LogP contribution in [0.5, 0.6) is 0 Å². The summed E-state index contributed by atoms with van der Waals surface area (Å²) < 4.78 is 0. The maximum absolute atomic E-state index is 3.67. The Kier molecular flexibility index (Phi) is 3.90. The second-order valence-electron chi connectivity index (χ2n) is 6.41. The van der Waals surface area contributed by atoms with Crippen molar-refractivity contribution in [1.82, 2.24) is 10.2 Å². The molecule has 1 aliphatic heterocycles. The van der Waals surface area contributed by atoms with Gasteiger partial charge in [-0.2, -0.15) is 0 Å². The monoisotopic (exact) mass is 258 g/mol. The highest BCUT2D eigenvalue weighted by molar-refractivity contribution is 5.32. The molecule has 1 aliphatic carbocycles. The standard InChI is InChI=1S/C17H26N2/c1-13(2)16-12-19(11-10-18-16)17-9-5-7-14-6-3-4-8-15(14)17/h3-4,6,8,13,16-18H,5,7,9-12H2,1-2H3. The second-order valence-corrected chi connectivity index (χ2v) is 6.41. The van der Waals surface area contributed by atoms with E-state index >= 15 is 0 Å². The second kappa shape index (κ2) is 5.64. The molecule has 2 atom stereocenters. The van der Waals surface area contributed by atoms with Crippen LogP contribution in [0.2, 0.25) is 0 Å². The van der Waals surface area contributed by atoms with Crippen molar-refractivity contribution in [2.75, 3.05) is 19.6 Å². The molecule has 0 aromatic heterocycles. The first-order valence-corrected chi connectivity index (χ1v) is 7.81. The Bertz CT molecular complexity index is 427. The third-order valence-corrected chi connectivity index (χ3v) is 4.82. The van der Waals surface area contributed by atoms with Crippen molar-refractivity contribution in [3.63, 3.8) is 0 Å². The number of rotatable bonds is 2. The molecule has 1 fully saturated rings. The molecule has 1 aromatic rings. The van der Waals surface area contributed by atoms with Gasteiger partial charge < -0.3 is 5.32 Å². The zero-order valence-corrected chi connectivity index (χ0v) is 12.2. The number of hydrogen-bond donors (Lipinski definition) is 1. The molecular formula is C17H26N2. The minimum Gasteiger partial charge on any atom is -0.311 e. The van der Waals surface area contributed by atoms with E-state index in [1.165, 1.54) is 32.4 Å². The highest BCUT2D eigenvalue weighted by Crippen LogP contribution is 2.34. The number of benzene rings is 1. The van der Waals surface area contributed by atoms with Crippen molar-refractivity contribution in [1.29, 1.82) is 0 Å². The summed E-state index contributed by atoms with van der Waals surface area (Å²) in [6.45, 7) is 8.20. The van der Waals surface area contributed by atoms with Gasteiger partial charge in [0, 0.05) is 31.7 Å². The van der Waals surface area contributed by atoms with Gasteiger partial charge in [-0.3, -0.25) is 4.90 Å². The van der Waals surface area contributed by atoms with Crippen molar-refractivity contribution >= 4 is 0 Å². The van der Waals surface area contributed by atoms with Gasteiger partial charge in [-0.1, -0.05) is 38.1 Å². The summed E-state index contributed by atoms with van der Waals surface area (Å²) in [7, 11) is 0. The Morgan fingerprint density at radius 1 is 1.26 bits per heavy atom. The summed E-state index contributed by atoms with van der Waals surface area (Å²) >= 11 is 0. The van der Waals surface area contributed by atoms with Crippen LogP contribution in [0.3, 0.4) is 0 Å². The summed E-state index contributed by atoms with van der Waals surface area (Å²) in [5.41, 5.74) is 3.18. The zero-order chi connectivity index (χ0) is 13.2. The first-order valence-electron chi connectivity index (χ1n) is 7.81. The number of piperazine rings is 1. The maximum Gasteiger partial charge on any atom is 0.0352 e. The number of nitrogens with one attached hydrogen (secondary N) is 1. The SMILES string of the molecule is CC(C)C1CN(C2CCCc3ccccc32)CCN1. The predicted molar refractivity (Wildman–Crippen MR) is 80.3 cm³/mol. The van der Waals surface area contributed by atoms with E-state index in [1.807, 2.05) is 0 Å². The van der Waals surface area contributed by atoms with E-state index in [4.69, 9.17) is 0 Å². The van der Waals surface area contributed by atoms with E-state index in [1.54, 1.807) is 11.1 Å². The third-order valence-electron chi connectivity index (χ3n) is 4.82. The minimum atomic E-state index is 0.655. The fourth-order valence-corrected chi connectivity index (χ4v) is 3.64. The molecule has 0 bridgehead atoms. The molecule has 1 aromatic carbocycles. The molecule has 0 radical (unpaired) electrons. The molecule has 3 rings (SSSR count). The van der Waals surface area contributed by atoms with E-state index < -0.39 is 0 Å². The van der Waals surface area contributed by atoms with Crippen molar-refractivity contribution in [3.8, 4) is 0 Å². The number of aryl methyl sites for hydroxylation is 1. The van der Waals surface area contributed by atoms with Gasteiger partial charge in [-0.05, 0) is 36.3 Å². The number of nitrogens with zero attached hydrogens (tertiary/aromatic N) is 1. The molecule has 0 saturated carbocycles. The van der Waals surface area contributed by atoms with Crippen LogP contribution in [0, 0.1) is 5.92 Å². The normalized spacial score (nSPS) is 28.4. The van der Waals surface area contributed by atoms with Gasteiger partial charge in [-0.25, -0.2) is 0 Å². The molecule has 0 spiro atoms. The van der Waals surface area contributed by atoms with Crippen LogP contribution in [0.4, 0.5) is 0 Å². The Balaban J connectivity index is 1.79. The molecule has 19 heavy (non-hydrogen) atoms. The molecule has 1 saturated heterocycles. The lowest BCUT2D eigenvalue weighted by atomic mass is 9.86. The smallest absolute Gasteiger partial charge is 0.0352 e. The van der Waals surface area contributed by atoms with Crippen LogP contribution >= 0.6 is 0 Å². The van der Waals surface area contributed by atoms with Crippen LogP contribution in [-0.4, -0.2) is 30.6 Å². The molecule has 2 unspecified atom stereocenters. The maximum atomic E-state index is 3.67. The van der Waals surface area contributed by atoms with E-state index in [9.17, 15) is 0 Å². The molecule has 1 N–H and O–H groups in total. The van der Waals surface area contributed by atoms with Gasteiger partial charge in [0.05, 0.1) is 0 Å². The van der Waals surface area contributed by atoms with Crippen LogP contribution in [0.15, 0.2) is 24.3 Å². The van der Waals surface area contributed by atoms with Gasteiger partial charge in [-0.15, -0.1) is 0 Å². The molecular weight excluding hydrogens is 232 g/mol. The third kappa shape index (κ3) is 2.70. The highest BCUT2D eigenvalue weighted by Gasteiger charge is 2.30. The molecule has 2 heteroatoms. The fourth-order valence-electron chi connectivity index (χ4n) is 3.64. The van der Waals surface area contributed by atoms with E-state index in [-0.39, 0.29) is 0 Å². The summed E-state index contributed by atoms with van der Waals surface area (Å²) in [5.74, 6) is 0.724. The fraction of sp³-hybridized carbons (Fsp3) is 0.647. The van der Waals surface area contributed by atoms with Crippen molar-refractivity contribution in [2.24, 2.45) is 5.92 Å². The van der Waals surface area contributed by atoms with E-state index in [0.717, 1.165) is 12.5 Å². The Labute approximate surface area is 117 Å². The molecule has 0 amide bonds. The van der Waals surface area contributed by atoms with E-state index in [0.29, 0.717) is 12.1 Å². The lowest BCUT2D eigenvalue weighted by Gasteiger charge is -2.42. The van der Waals surface area contributed by atoms with E-state index in [2.05, 4.69) is 48.3 Å². The predicted octanol–water partition coefficient (Wildman–Crippen LogP) is 2.99. The van der Waals surface area contributed by atoms with Crippen LogP contribution in [-0.2, 0) is 6.42 Å². The van der Waals surface area contributed by atoms with Crippen LogP contribution in [0.25, 0.3) is 0 Å². The van der Waals surface area contributed by atoms with Gasteiger partial charge >= 0.3 is 0 Å². The lowest BCUT2D eigenvalue weighted by Crippen LogP contribution is -2.53. The summed E-state index contributed by atoms with van der Waals surface area (Å²) in [5, 5.41) is 3.67. The van der Waals surface area contributed by atoms with Crippen LogP contribution < -0.4 is 5.32 Å². The van der Waals surface area contributed by atoms with Gasteiger partial charge in [0.2, 0.25) is 0 Å². The minimum absolute atomic E-state index is 0.655. The largest absolute Gasteiger partial charge is 0.311 e. The molecule has 1 heterocycles. The van der Waals surface area contributed by atoms with Gasteiger partial charge in [0.15, 0.2) is 0 Å². The highest BCUT2D eigenvalue weighted by atomic mass is 15.2. The van der Waals surface area contributed by atoms with Gasteiger partial charge in [0.1, 0.15) is 0 Å². The molecule has 2 aliphatic rings. The first kappa shape index (κ1) is 13.1.